The number of nitrogens with zero attached hydrogens (tertiary/aromatic N) is 2. The molecule has 0 aliphatic heterocycles. The van der Waals surface area contributed by atoms with Crippen LogP contribution in [0, 0.1) is 0 Å². The van der Waals surface area contributed by atoms with Gasteiger partial charge in [-0.3, -0.25) is 0 Å². The molecule has 0 saturated heterocycles. The van der Waals surface area contributed by atoms with Crippen molar-refractivity contribution in [1.29, 1.82) is 0 Å². The summed E-state index contributed by atoms with van der Waals surface area (Å²) in [6.07, 6.45) is 0. The van der Waals surface area contributed by atoms with Crippen LogP contribution in [0.4, 0.5) is 0 Å². The summed E-state index contributed by atoms with van der Waals surface area (Å²) in [6.45, 7) is 0. The van der Waals surface area contributed by atoms with E-state index in [2.05, 4.69) is 84.9 Å². The van der Waals surface area contributed by atoms with Gasteiger partial charge in [0.05, 0.1) is 11.4 Å². The Balaban J connectivity index is 1.36. The Morgan fingerprint density at radius 1 is 0.444 bits per heavy atom. The fourth-order valence-corrected chi connectivity index (χ4v) is 7.48. The molecule has 0 fully saturated rings. The second kappa shape index (κ2) is 9.95. The lowest BCUT2D eigenvalue weighted by molar-refractivity contribution is 0.125. The average molecular weight is 577 g/mol. The van der Waals surface area contributed by atoms with Gasteiger partial charge in [-0.25, -0.2) is 9.97 Å². The summed E-state index contributed by atoms with van der Waals surface area (Å²) in [7, 11) is 0. The molecule has 1 aromatic heterocycles. The SMILES string of the molecule is OC1(c2ccccc2C2c3ccccc3-c3ccccc32)c2ccccc2-c2c(-c3ccccc3)nc(-c3ccccc3)nc21. The zero-order valence-electron chi connectivity index (χ0n) is 24.4. The normalized spacial score (nSPS) is 16.1. The van der Waals surface area contributed by atoms with Gasteiger partial charge in [0.15, 0.2) is 11.4 Å². The third-order valence-corrected chi connectivity index (χ3v) is 9.41. The number of aromatic nitrogens is 2. The molecule has 212 valence electrons. The number of aliphatic hydroxyl groups is 1. The predicted molar refractivity (Wildman–Crippen MR) is 180 cm³/mol. The first-order valence-corrected chi connectivity index (χ1v) is 15.4. The maximum atomic E-state index is 13.5. The third-order valence-electron chi connectivity index (χ3n) is 9.41. The largest absolute Gasteiger partial charge is 0.374 e. The molecular weight excluding hydrogens is 548 g/mol. The van der Waals surface area contributed by atoms with Crippen LogP contribution in [-0.4, -0.2) is 15.1 Å². The van der Waals surface area contributed by atoms with Gasteiger partial charge < -0.3 is 5.11 Å². The Bertz CT molecular complexity index is 2200. The second-order valence-electron chi connectivity index (χ2n) is 11.8. The van der Waals surface area contributed by atoms with E-state index in [9.17, 15) is 5.11 Å². The van der Waals surface area contributed by atoms with Gasteiger partial charge in [0.25, 0.3) is 0 Å². The van der Waals surface area contributed by atoms with Crippen molar-refractivity contribution >= 4 is 0 Å². The maximum Gasteiger partial charge on any atom is 0.160 e. The third kappa shape index (κ3) is 3.75. The van der Waals surface area contributed by atoms with Crippen LogP contribution in [-0.2, 0) is 5.60 Å². The van der Waals surface area contributed by atoms with Crippen molar-refractivity contribution < 1.29 is 5.11 Å². The summed E-state index contributed by atoms with van der Waals surface area (Å²) in [4.78, 5) is 10.4. The predicted octanol–water partition coefficient (Wildman–Crippen LogP) is 9.24. The number of rotatable bonds is 4. The van der Waals surface area contributed by atoms with E-state index >= 15 is 0 Å². The van der Waals surface area contributed by atoms with Gasteiger partial charge in [-0.05, 0) is 38.9 Å². The van der Waals surface area contributed by atoms with E-state index in [-0.39, 0.29) is 5.92 Å². The van der Waals surface area contributed by atoms with Crippen LogP contribution in [0.2, 0.25) is 0 Å². The van der Waals surface area contributed by atoms with Crippen molar-refractivity contribution in [3.63, 3.8) is 0 Å². The molecular formula is C42H28N2O. The lowest BCUT2D eigenvalue weighted by Crippen LogP contribution is -2.30. The molecule has 7 aromatic rings. The molecule has 1 atom stereocenters. The molecule has 2 aliphatic carbocycles. The van der Waals surface area contributed by atoms with E-state index < -0.39 is 5.60 Å². The molecule has 0 amide bonds. The second-order valence-corrected chi connectivity index (χ2v) is 11.8. The molecule has 1 N–H and O–H groups in total. The molecule has 9 rings (SSSR count). The van der Waals surface area contributed by atoms with Crippen molar-refractivity contribution in [2.24, 2.45) is 0 Å². The van der Waals surface area contributed by atoms with E-state index in [1.807, 2.05) is 72.8 Å². The Morgan fingerprint density at radius 2 is 0.933 bits per heavy atom. The molecule has 1 unspecified atom stereocenters. The smallest absolute Gasteiger partial charge is 0.160 e. The molecule has 0 spiro atoms. The van der Waals surface area contributed by atoms with Crippen molar-refractivity contribution in [2.45, 2.75) is 11.5 Å². The van der Waals surface area contributed by atoms with E-state index in [1.54, 1.807) is 0 Å². The van der Waals surface area contributed by atoms with Crippen molar-refractivity contribution in [2.75, 3.05) is 0 Å². The van der Waals surface area contributed by atoms with E-state index in [0.29, 0.717) is 11.5 Å². The first kappa shape index (κ1) is 25.8. The van der Waals surface area contributed by atoms with Crippen molar-refractivity contribution in [3.8, 4) is 44.9 Å². The minimum Gasteiger partial charge on any atom is -0.374 e. The highest BCUT2D eigenvalue weighted by molar-refractivity contribution is 5.92. The van der Waals surface area contributed by atoms with Gasteiger partial charge in [-0.1, -0.05) is 158 Å². The van der Waals surface area contributed by atoms with Gasteiger partial charge in [0, 0.05) is 28.2 Å². The van der Waals surface area contributed by atoms with Crippen LogP contribution in [0.3, 0.4) is 0 Å². The topological polar surface area (TPSA) is 46.0 Å². The van der Waals surface area contributed by atoms with E-state index in [4.69, 9.17) is 9.97 Å². The summed E-state index contributed by atoms with van der Waals surface area (Å²) in [5.74, 6) is 0.561. The lowest BCUT2D eigenvalue weighted by atomic mass is 9.78. The van der Waals surface area contributed by atoms with Crippen LogP contribution in [0.1, 0.15) is 39.4 Å². The van der Waals surface area contributed by atoms with Gasteiger partial charge in [-0.2, -0.15) is 0 Å². The highest BCUT2D eigenvalue weighted by atomic mass is 16.3. The van der Waals surface area contributed by atoms with Gasteiger partial charge in [-0.15, -0.1) is 0 Å². The van der Waals surface area contributed by atoms with Crippen LogP contribution < -0.4 is 0 Å². The first-order valence-electron chi connectivity index (χ1n) is 15.4. The summed E-state index contributed by atoms with van der Waals surface area (Å²) in [6, 6.07) is 54.1. The average Bonchev–Trinajstić information content (AvgIpc) is 3.59. The van der Waals surface area contributed by atoms with Crippen LogP contribution in [0.5, 0.6) is 0 Å². The highest BCUT2D eigenvalue weighted by Crippen LogP contribution is 2.56. The lowest BCUT2D eigenvalue weighted by Gasteiger charge is -2.30. The van der Waals surface area contributed by atoms with Crippen LogP contribution >= 0.6 is 0 Å². The Hall–Kier alpha value is -5.64. The van der Waals surface area contributed by atoms with Crippen LogP contribution in [0.15, 0.2) is 158 Å². The fraction of sp³-hybridized carbons (Fsp3) is 0.0476. The van der Waals surface area contributed by atoms with Gasteiger partial charge >= 0.3 is 0 Å². The standard InChI is InChI=1S/C42H28N2O/c45-42(35-25-13-11-23-33(35)37-31-21-9-7-19-29(31)30-20-8-10-22-32(30)37)36-26-14-12-24-34(36)38-39(27-15-3-1-4-16-27)43-41(44-40(38)42)28-17-5-2-6-18-28/h1-26,37,45H. The molecule has 3 heteroatoms. The zero-order chi connectivity index (χ0) is 30.0. The Kier molecular flexibility index (Phi) is 5.71. The summed E-state index contributed by atoms with van der Waals surface area (Å²) < 4.78 is 0. The Morgan fingerprint density at radius 3 is 1.58 bits per heavy atom. The zero-order valence-corrected chi connectivity index (χ0v) is 24.4. The van der Waals surface area contributed by atoms with Gasteiger partial charge in [0.2, 0.25) is 0 Å². The van der Waals surface area contributed by atoms with E-state index in [1.165, 1.54) is 22.3 Å². The maximum absolute atomic E-state index is 13.5. The molecule has 1 heterocycles. The molecule has 0 saturated carbocycles. The minimum atomic E-state index is -1.51. The number of fused-ring (bicyclic) bond motifs is 6. The molecule has 2 aliphatic rings. The number of hydrogen-bond donors (Lipinski definition) is 1. The molecule has 6 aromatic carbocycles. The number of hydrogen-bond acceptors (Lipinski definition) is 3. The van der Waals surface area contributed by atoms with E-state index in [0.717, 1.165) is 44.6 Å². The van der Waals surface area contributed by atoms with Gasteiger partial charge in [0.1, 0.15) is 0 Å². The summed E-state index contributed by atoms with van der Waals surface area (Å²) >= 11 is 0. The van der Waals surface area contributed by atoms with Crippen molar-refractivity contribution in [1.82, 2.24) is 9.97 Å². The first-order chi connectivity index (χ1) is 22.2. The molecule has 45 heavy (non-hydrogen) atoms. The fourth-order valence-electron chi connectivity index (χ4n) is 7.48. The van der Waals surface area contributed by atoms with Crippen LogP contribution in [0.25, 0.3) is 44.9 Å². The van der Waals surface area contributed by atoms with Crippen molar-refractivity contribution in [3.05, 3.63) is 191 Å². The quantitative estimate of drug-likeness (QED) is 0.227. The molecule has 0 radical (unpaired) electrons. The minimum absolute atomic E-state index is 0.0298. The number of benzene rings is 6. The summed E-state index contributed by atoms with van der Waals surface area (Å²) in [5.41, 5.74) is 11.4. The highest BCUT2D eigenvalue weighted by Gasteiger charge is 2.48. The summed E-state index contributed by atoms with van der Waals surface area (Å²) in [5, 5.41) is 13.5. The molecule has 0 bridgehead atoms. The molecule has 3 nitrogen and oxygen atoms in total. The monoisotopic (exact) mass is 576 g/mol. The Labute approximate surface area is 262 Å².